The van der Waals surface area contributed by atoms with Crippen molar-refractivity contribution in [1.29, 1.82) is 0 Å². The van der Waals surface area contributed by atoms with Crippen molar-refractivity contribution in [3.63, 3.8) is 0 Å². The SMILES string of the molecule is O=P(O)(O)OC[C@@H](O)C1O[C@H](OP(=O)(O)O)C(O)[C@@H](O)[C@@H]1O. The van der Waals surface area contributed by atoms with Gasteiger partial charge >= 0.3 is 15.6 Å². The average molecular weight is 370 g/mol. The highest BCUT2D eigenvalue weighted by Gasteiger charge is 2.49. The Morgan fingerprint density at radius 2 is 1.50 bits per heavy atom. The number of aliphatic hydroxyl groups excluding tert-OH is 4. The van der Waals surface area contributed by atoms with E-state index in [1.54, 1.807) is 0 Å². The molecule has 0 aromatic carbocycles. The zero-order valence-corrected chi connectivity index (χ0v) is 12.5. The van der Waals surface area contributed by atoms with Crippen LogP contribution in [0, 0.1) is 0 Å². The molecule has 132 valence electrons. The highest BCUT2D eigenvalue weighted by molar-refractivity contribution is 7.46. The lowest BCUT2D eigenvalue weighted by atomic mass is 9.96. The zero-order chi connectivity index (χ0) is 17.3. The van der Waals surface area contributed by atoms with Crippen LogP contribution >= 0.6 is 15.6 Å². The molecule has 1 rings (SSSR count). The summed E-state index contributed by atoms with van der Waals surface area (Å²) >= 11 is 0. The maximum Gasteiger partial charge on any atom is 0.472 e. The second kappa shape index (κ2) is 7.28. The first-order valence-corrected chi connectivity index (χ1v) is 8.69. The van der Waals surface area contributed by atoms with Gasteiger partial charge in [-0.05, 0) is 0 Å². The Kier molecular flexibility index (Phi) is 6.64. The van der Waals surface area contributed by atoms with Gasteiger partial charge in [0.15, 0.2) is 6.29 Å². The van der Waals surface area contributed by atoms with E-state index in [2.05, 4.69) is 9.05 Å². The Morgan fingerprint density at radius 1 is 0.955 bits per heavy atom. The maximum atomic E-state index is 10.7. The van der Waals surface area contributed by atoms with Gasteiger partial charge < -0.3 is 44.7 Å². The average Bonchev–Trinajstić information content (AvgIpc) is 2.34. The normalized spacial score (nSPS) is 35.4. The molecule has 0 amide bonds. The standard InChI is InChI=1S/C7H16O13P2/c8-2(1-18-21(12,13)14)6-4(10)3(9)5(11)7(19-6)20-22(15,16)17/h2-11H,1H2,(H2,12,13,14)(H2,15,16,17)/t2-,3+,4+,5?,6?,7-/m1/s1. The summed E-state index contributed by atoms with van der Waals surface area (Å²) in [6, 6.07) is 0. The first-order valence-electron chi connectivity index (χ1n) is 5.63. The number of phosphoric ester groups is 2. The van der Waals surface area contributed by atoms with Crippen LogP contribution in [0.4, 0.5) is 0 Å². The van der Waals surface area contributed by atoms with E-state index >= 15 is 0 Å². The van der Waals surface area contributed by atoms with E-state index in [0.717, 1.165) is 0 Å². The highest BCUT2D eigenvalue weighted by atomic mass is 31.2. The number of hydrogen-bond acceptors (Lipinski definition) is 9. The summed E-state index contributed by atoms with van der Waals surface area (Å²) in [7, 11) is -10.1. The third-order valence-electron chi connectivity index (χ3n) is 2.64. The van der Waals surface area contributed by atoms with E-state index < -0.39 is 59.1 Å². The van der Waals surface area contributed by atoms with Crippen molar-refractivity contribution >= 4 is 15.6 Å². The van der Waals surface area contributed by atoms with E-state index in [9.17, 15) is 29.6 Å². The van der Waals surface area contributed by atoms with E-state index in [-0.39, 0.29) is 0 Å². The number of aliphatic hydroxyl groups is 4. The largest absolute Gasteiger partial charge is 0.472 e. The molecule has 1 aliphatic heterocycles. The lowest BCUT2D eigenvalue weighted by molar-refractivity contribution is -0.292. The molecule has 1 fully saturated rings. The lowest BCUT2D eigenvalue weighted by Gasteiger charge is -2.41. The van der Waals surface area contributed by atoms with E-state index in [4.69, 9.17) is 24.3 Å². The fourth-order valence-corrected chi connectivity index (χ4v) is 2.47. The van der Waals surface area contributed by atoms with Gasteiger partial charge in [0, 0.05) is 0 Å². The summed E-state index contributed by atoms with van der Waals surface area (Å²) in [6.45, 7) is -1.03. The summed E-state index contributed by atoms with van der Waals surface area (Å²) in [5, 5.41) is 38.3. The summed E-state index contributed by atoms with van der Waals surface area (Å²) in [5.74, 6) is 0. The molecule has 8 N–H and O–H groups in total. The van der Waals surface area contributed by atoms with E-state index in [1.807, 2.05) is 0 Å². The van der Waals surface area contributed by atoms with Crippen molar-refractivity contribution < 1.29 is 62.9 Å². The first-order chi connectivity index (χ1) is 9.82. The van der Waals surface area contributed by atoms with E-state index in [1.165, 1.54) is 0 Å². The monoisotopic (exact) mass is 370 g/mol. The van der Waals surface area contributed by atoms with Gasteiger partial charge in [0.05, 0.1) is 6.61 Å². The Hall–Kier alpha value is 0.0200. The Morgan fingerprint density at radius 3 is 1.95 bits per heavy atom. The predicted molar refractivity (Wildman–Crippen MR) is 63.8 cm³/mol. The zero-order valence-electron chi connectivity index (χ0n) is 10.7. The summed E-state index contributed by atoms with van der Waals surface area (Å²) < 4.78 is 34.0. The minimum absolute atomic E-state index is 1.03. The van der Waals surface area contributed by atoms with Crippen molar-refractivity contribution in [3.05, 3.63) is 0 Å². The van der Waals surface area contributed by atoms with Crippen LogP contribution in [0.15, 0.2) is 0 Å². The number of hydrogen-bond donors (Lipinski definition) is 8. The van der Waals surface area contributed by atoms with Crippen LogP contribution in [0.3, 0.4) is 0 Å². The number of rotatable bonds is 6. The highest BCUT2D eigenvalue weighted by Crippen LogP contribution is 2.41. The molecule has 1 saturated heterocycles. The summed E-state index contributed by atoms with van der Waals surface area (Å²) in [5.41, 5.74) is 0. The molecular weight excluding hydrogens is 354 g/mol. The van der Waals surface area contributed by atoms with Crippen LogP contribution in [-0.2, 0) is 22.9 Å². The Balaban J connectivity index is 2.80. The third-order valence-corrected chi connectivity index (χ3v) is 3.61. The van der Waals surface area contributed by atoms with Crippen LogP contribution < -0.4 is 0 Å². The Labute approximate surface area is 123 Å². The Bertz CT molecular complexity index is 457. The molecule has 2 unspecified atom stereocenters. The van der Waals surface area contributed by atoms with Gasteiger partial charge in [0.2, 0.25) is 0 Å². The summed E-state index contributed by atoms with van der Waals surface area (Å²) in [6.07, 6.45) is -11.8. The molecule has 1 aliphatic rings. The fraction of sp³-hybridized carbons (Fsp3) is 1.00. The fourth-order valence-electron chi connectivity index (χ4n) is 1.68. The maximum absolute atomic E-state index is 10.7. The molecule has 0 aromatic rings. The minimum Gasteiger partial charge on any atom is -0.388 e. The van der Waals surface area contributed by atoms with Gasteiger partial charge in [-0.25, -0.2) is 9.13 Å². The molecule has 1 heterocycles. The van der Waals surface area contributed by atoms with E-state index in [0.29, 0.717) is 0 Å². The predicted octanol–water partition coefficient (Wildman–Crippen LogP) is -3.63. The number of phosphoric acid groups is 2. The molecule has 0 aliphatic carbocycles. The van der Waals surface area contributed by atoms with Crippen LogP contribution in [-0.4, -0.2) is 83.4 Å². The van der Waals surface area contributed by atoms with Crippen molar-refractivity contribution in [2.45, 2.75) is 36.8 Å². The van der Waals surface area contributed by atoms with Gasteiger partial charge in [-0.2, -0.15) is 0 Å². The smallest absolute Gasteiger partial charge is 0.388 e. The summed E-state index contributed by atoms with van der Waals surface area (Å²) in [4.78, 5) is 34.3. The van der Waals surface area contributed by atoms with Gasteiger partial charge in [-0.1, -0.05) is 0 Å². The topological polar surface area (TPSA) is 224 Å². The molecule has 22 heavy (non-hydrogen) atoms. The third kappa shape index (κ3) is 5.91. The second-order valence-electron chi connectivity index (χ2n) is 4.39. The number of ether oxygens (including phenoxy) is 1. The molecule has 6 atom stereocenters. The molecule has 0 saturated carbocycles. The van der Waals surface area contributed by atoms with Gasteiger partial charge in [-0.15, -0.1) is 0 Å². The van der Waals surface area contributed by atoms with Crippen molar-refractivity contribution in [3.8, 4) is 0 Å². The minimum atomic E-state index is -5.13. The molecule has 13 nitrogen and oxygen atoms in total. The first kappa shape index (κ1) is 20.1. The van der Waals surface area contributed by atoms with Gasteiger partial charge in [0.1, 0.15) is 30.5 Å². The molecule has 0 bridgehead atoms. The van der Waals surface area contributed by atoms with Crippen LogP contribution in [0.5, 0.6) is 0 Å². The lowest BCUT2D eigenvalue weighted by Crippen LogP contribution is -2.61. The second-order valence-corrected chi connectivity index (χ2v) is 6.82. The molecular formula is C7H16O13P2. The van der Waals surface area contributed by atoms with Crippen LogP contribution in [0.2, 0.25) is 0 Å². The molecule has 0 aromatic heterocycles. The van der Waals surface area contributed by atoms with Gasteiger partial charge in [-0.3, -0.25) is 9.05 Å². The van der Waals surface area contributed by atoms with Crippen LogP contribution in [0.25, 0.3) is 0 Å². The van der Waals surface area contributed by atoms with Crippen molar-refractivity contribution in [1.82, 2.24) is 0 Å². The molecule has 0 radical (unpaired) electrons. The van der Waals surface area contributed by atoms with Crippen LogP contribution in [0.1, 0.15) is 0 Å². The van der Waals surface area contributed by atoms with Crippen molar-refractivity contribution in [2.75, 3.05) is 6.61 Å². The van der Waals surface area contributed by atoms with Crippen molar-refractivity contribution in [2.24, 2.45) is 0 Å². The van der Waals surface area contributed by atoms with Gasteiger partial charge in [0.25, 0.3) is 0 Å². The molecule has 0 spiro atoms. The quantitative estimate of drug-likeness (QED) is 0.212. The molecule has 15 heteroatoms.